The van der Waals surface area contributed by atoms with Crippen molar-refractivity contribution in [2.75, 3.05) is 13.2 Å². The molecule has 0 amide bonds. The number of benzene rings is 1. The van der Waals surface area contributed by atoms with E-state index in [0.29, 0.717) is 19.0 Å². The van der Waals surface area contributed by atoms with Crippen molar-refractivity contribution in [1.29, 1.82) is 0 Å². The fourth-order valence-corrected chi connectivity index (χ4v) is 2.41. The third-order valence-electron chi connectivity index (χ3n) is 3.47. The molecular formula is C15H16N2O4. The van der Waals surface area contributed by atoms with Crippen molar-refractivity contribution in [2.24, 2.45) is 7.05 Å². The lowest BCUT2D eigenvalue weighted by molar-refractivity contribution is 0.0689. The van der Waals surface area contributed by atoms with Crippen LogP contribution in [0.1, 0.15) is 22.5 Å². The normalized spacial score (nSPS) is 13.8. The summed E-state index contributed by atoms with van der Waals surface area (Å²) >= 11 is 0. The third kappa shape index (κ3) is 2.44. The first-order valence-electron chi connectivity index (χ1n) is 6.74. The SMILES string of the molecule is Cc1cc2c(cc1-c1cc(C(=O)O)nn1C)OCCCO2. The van der Waals surface area contributed by atoms with Crippen molar-refractivity contribution in [3.8, 4) is 22.8 Å². The van der Waals surface area contributed by atoms with Gasteiger partial charge in [0.05, 0.1) is 18.9 Å². The van der Waals surface area contributed by atoms with Crippen LogP contribution >= 0.6 is 0 Å². The van der Waals surface area contributed by atoms with Crippen LogP contribution in [-0.2, 0) is 7.05 Å². The minimum atomic E-state index is -1.04. The number of carboxylic acids is 1. The molecule has 1 aliphatic heterocycles. The summed E-state index contributed by atoms with van der Waals surface area (Å²) in [5, 5.41) is 13.1. The Balaban J connectivity index is 2.10. The third-order valence-corrected chi connectivity index (χ3v) is 3.47. The molecule has 110 valence electrons. The average Bonchev–Trinajstić information content (AvgIpc) is 2.68. The molecule has 0 atom stereocenters. The molecule has 1 aromatic heterocycles. The summed E-state index contributed by atoms with van der Waals surface area (Å²) in [6, 6.07) is 5.37. The van der Waals surface area contributed by atoms with Gasteiger partial charge in [0.25, 0.3) is 0 Å². The molecule has 2 heterocycles. The van der Waals surface area contributed by atoms with Crippen LogP contribution < -0.4 is 9.47 Å². The van der Waals surface area contributed by atoms with E-state index >= 15 is 0 Å². The Bertz CT molecular complexity index is 706. The molecule has 2 aromatic rings. The molecular weight excluding hydrogens is 272 g/mol. The van der Waals surface area contributed by atoms with Gasteiger partial charge in [0.2, 0.25) is 0 Å². The van der Waals surface area contributed by atoms with Crippen LogP contribution in [0.4, 0.5) is 0 Å². The zero-order chi connectivity index (χ0) is 15.0. The summed E-state index contributed by atoms with van der Waals surface area (Å²) in [6.45, 7) is 3.21. The van der Waals surface area contributed by atoms with Crippen LogP contribution in [0.3, 0.4) is 0 Å². The highest BCUT2D eigenvalue weighted by molar-refractivity contribution is 5.87. The first kappa shape index (κ1) is 13.5. The monoisotopic (exact) mass is 288 g/mol. The Morgan fingerprint density at radius 2 is 1.90 bits per heavy atom. The van der Waals surface area contributed by atoms with Crippen LogP contribution in [0.5, 0.6) is 11.5 Å². The molecule has 0 saturated heterocycles. The molecule has 3 rings (SSSR count). The Hall–Kier alpha value is -2.50. The quantitative estimate of drug-likeness (QED) is 0.917. The minimum Gasteiger partial charge on any atom is -0.490 e. The second kappa shape index (κ2) is 5.12. The Morgan fingerprint density at radius 3 is 2.52 bits per heavy atom. The van der Waals surface area contributed by atoms with Crippen molar-refractivity contribution in [1.82, 2.24) is 9.78 Å². The first-order valence-corrected chi connectivity index (χ1v) is 6.74. The lowest BCUT2D eigenvalue weighted by Gasteiger charge is -2.12. The fraction of sp³-hybridized carbons (Fsp3) is 0.333. The number of aromatic carboxylic acids is 1. The highest BCUT2D eigenvalue weighted by atomic mass is 16.5. The molecule has 0 spiro atoms. The summed E-state index contributed by atoms with van der Waals surface area (Å²) in [6.07, 6.45) is 0.845. The molecule has 0 bridgehead atoms. The molecule has 0 aliphatic carbocycles. The largest absolute Gasteiger partial charge is 0.490 e. The van der Waals surface area contributed by atoms with Crippen molar-refractivity contribution in [3.63, 3.8) is 0 Å². The van der Waals surface area contributed by atoms with Gasteiger partial charge in [-0.25, -0.2) is 4.79 Å². The predicted molar refractivity (Wildman–Crippen MR) is 75.9 cm³/mol. The van der Waals surface area contributed by atoms with E-state index in [1.807, 2.05) is 19.1 Å². The molecule has 0 radical (unpaired) electrons. The van der Waals surface area contributed by atoms with Crippen molar-refractivity contribution < 1.29 is 19.4 Å². The number of aryl methyl sites for hydroxylation is 2. The van der Waals surface area contributed by atoms with Gasteiger partial charge < -0.3 is 14.6 Å². The number of rotatable bonds is 2. The lowest BCUT2D eigenvalue weighted by atomic mass is 10.0. The number of carbonyl (C=O) groups is 1. The van der Waals surface area contributed by atoms with Crippen molar-refractivity contribution in [3.05, 3.63) is 29.5 Å². The summed E-state index contributed by atoms with van der Waals surface area (Å²) in [5.74, 6) is 0.379. The molecule has 6 nitrogen and oxygen atoms in total. The number of fused-ring (bicyclic) bond motifs is 1. The van der Waals surface area contributed by atoms with Gasteiger partial charge in [0.15, 0.2) is 17.2 Å². The highest BCUT2D eigenvalue weighted by Crippen LogP contribution is 2.37. The molecule has 1 aromatic carbocycles. The van der Waals surface area contributed by atoms with Crippen LogP contribution in [0.25, 0.3) is 11.3 Å². The van der Waals surface area contributed by atoms with E-state index in [4.69, 9.17) is 14.6 Å². The van der Waals surface area contributed by atoms with E-state index < -0.39 is 5.97 Å². The first-order chi connectivity index (χ1) is 10.1. The van der Waals surface area contributed by atoms with E-state index in [2.05, 4.69) is 5.10 Å². The maximum atomic E-state index is 11.0. The summed E-state index contributed by atoms with van der Waals surface area (Å²) in [5.41, 5.74) is 2.64. The lowest BCUT2D eigenvalue weighted by Crippen LogP contribution is -2.00. The molecule has 1 N–H and O–H groups in total. The second-order valence-electron chi connectivity index (χ2n) is 5.01. The van der Waals surface area contributed by atoms with Crippen LogP contribution in [0.15, 0.2) is 18.2 Å². The fourth-order valence-electron chi connectivity index (χ4n) is 2.41. The van der Waals surface area contributed by atoms with Gasteiger partial charge in [-0.05, 0) is 30.7 Å². The Morgan fingerprint density at radius 1 is 1.24 bits per heavy atom. The van der Waals surface area contributed by atoms with Crippen LogP contribution in [0, 0.1) is 6.92 Å². The molecule has 0 unspecified atom stereocenters. The number of carboxylic acid groups (broad SMARTS) is 1. The Labute approximate surface area is 121 Å². The second-order valence-corrected chi connectivity index (χ2v) is 5.01. The average molecular weight is 288 g/mol. The molecule has 0 saturated carbocycles. The Kier molecular flexibility index (Phi) is 3.29. The molecule has 21 heavy (non-hydrogen) atoms. The zero-order valence-corrected chi connectivity index (χ0v) is 11.9. The zero-order valence-electron chi connectivity index (χ0n) is 11.9. The predicted octanol–water partition coefficient (Wildman–Crippen LogP) is 2.26. The highest BCUT2D eigenvalue weighted by Gasteiger charge is 2.18. The minimum absolute atomic E-state index is 0.0269. The van der Waals surface area contributed by atoms with Gasteiger partial charge in [0.1, 0.15) is 0 Å². The van der Waals surface area contributed by atoms with E-state index in [9.17, 15) is 4.79 Å². The van der Waals surface area contributed by atoms with Gasteiger partial charge in [-0.1, -0.05) is 0 Å². The maximum absolute atomic E-state index is 11.0. The standard InChI is InChI=1S/C15H16N2O4/c1-9-6-13-14(21-5-3-4-20-13)7-10(9)12-8-11(15(18)19)16-17(12)2/h6-8H,3-5H2,1-2H3,(H,18,19). The van der Waals surface area contributed by atoms with Gasteiger partial charge in [-0.15, -0.1) is 0 Å². The van der Waals surface area contributed by atoms with Gasteiger partial charge >= 0.3 is 5.97 Å². The number of hydrogen-bond acceptors (Lipinski definition) is 4. The van der Waals surface area contributed by atoms with Gasteiger partial charge in [-0.3, -0.25) is 4.68 Å². The number of aromatic nitrogens is 2. The van der Waals surface area contributed by atoms with E-state index in [0.717, 1.165) is 29.0 Å². The van der Waals surface area contributed by atoms with E-state index in [1.165, 1.54) is 0 Å². The molecule has 1 aliphatic rings. The smallest absolute Gasteiger partial charge is 0.356 e. The van der Waals surface area contributed by atoms with E-state index in [-0.39, 0.29) is 5.69 Å². The number of ether oxygens (including phenoxy) is 2. The van der Waals surface area contributed by atoms with E-state index in [1.54, 1.807) is 17.8 Å². The van der Waals surface area contributed by atoms with Gasteiger partial charge in [0, 0.05) is 19.0 Å². The number of hydrogen-bond donors (Lipinski definition) is 1. The molecule has 0 fully saturated rings. The topological polar surface area (TPSA) is 73.6 Å². The van der Waals surface area contributed by atoms with Crippen LogP contribution in [-0.4, -0.2) is 34.1 Å². The van der Waals surface area contributed by atoms with Gasteiger partial charge in [-0.2, -0.15) is 5.10 Å². The maximum Gasteiger partial charge on any atom is 0.356 e. The molecule has 6 heteroatoms. The van der Waals surface area contributed by atoms with Crippen LogP contribution in [0.2, 0.25) is 0 Å². The number of nitrogens with zero attached hydrogens (tertiary/aromatic N) is 2. The summed E-state index contributed by atoms with van der Waals surface area (Å²) < 4.78 is 12.9. The van der Waals surface area contributed by atoms with Crippen molar-refractivity contribution in [2.45, 2.75) is 13.3 Å². The summed E-state index contributed by atoms with van der Waals surface area (Å²) in [7, 11) is 1.73. The van der Waals surface area contributed by atoms with Crippen molar-refractivity contribution >= 4 is 5.97 Å². The summed E-state index contributed by atoms with van der Waals surface area (Å²) in [4.78, 5) is 11.0.